The predicted molar refractivity (Wildman–Crippen MR) is 57.7 cm³/mol. The van der Waals surface area contributed by atoms with Gasteiger partial charge in [-0.15, -0.1) is 0 Å². The molecule has 1 aliphatic heterocycles. The molecule has 0 amide bonds. The van der Waals surface area contributed by atoms with Crippen LogP contribution >= 0.6 is 0 Å². The molecule has 1 aliphatic rings. The minimum Gasteiger partial charge on any atom is -0.330 e. The van der Waals surface area contributed by atoms with Gasteiger partial charge in [-0.25, -0.2) is 0 Å². The molecule has 0 aromatic heterocycles. The summed E-state index contributed by atoms with van der Waals surface area (Å²) in [5, 5.41) is 0. The molecule has 0 saturated carbocycles. The van der Waals surface area contributed by atoms with Gasteiger partial charge in [-0.3, -0.25) is 0 Å². The molecule has 1 fully saturated rings. The quantitative estimate of drug-likeness (QED) is 0.725. The fourth-order valence-corrected chi connectivity index (χ4v) is 1.97. The Bertz CT molecular complexity index is 148. The molecule has 0 bridgehead atoms. The molecule has 0 radical (unpaired) electrons. The molecule has 2 nitrogen and oxygen atoms in total. The topological polar surface area (TPSA) is 29.3 Å². The molecular formula is C11H24N2. The Hall–Kier alpha value is -0.0800. The number of likely N-dealkylation sites (tertiary alicyclic amines) is 1. The van der Waals surface area contributed by atoms with E-state index in [4.69, 9.17) is 5.73 Å². The van der Waals surface area contributed by atoms with Gasteiger partial charge < -0.3 is 10.6 Å². The Morgan fingerprint density at radius 2 is 1.92 bits per heavy atom. The highest BCUT2D eigenvalue weighted by Crippen LogP contribution is 2.30. The maximum Gasteiger partial charge on any atom is 0.00643 e. The molecule has 78 valence electrons. The lowest BCUT2D eigenvalue weighted by Crippen LogP contribution is -2.45. The van der Waals surface area contributed by atoms with E-state index in [9.17, 15) is 0 Å². The summed E-state index contributed by atoms with van der Waals surface area (Å²) in [4.78, 5) is 2.59. The number of nitrogens with two attached hydrogens (primary N) is 1. The molecule has 13 heavy (non-hydrogen) atoms. The number of nitrogens with zero attached hydrogens (tertiary/aromatic N) is 1. The lowest BCUT2D eigenvalue weighted by Gasteiger charge is -2.41. The van der Waals surface area contributed by atoms with Crippen LogP contribution in [0, 0.1) is 5.41 Å². The second kappa shape index (κ2) is 4.43. The monoisotopic (exact) mass is 184 g/mol. The third-order valence-electron chi connectivity index (χ3n) is 3.71. The van der Waals surface area contributed by atoms with E-state index in [0.717, 1.165) is 12.6 Å². The Morgan fingerprint density at radius 3 is 2.31 bits per heavy atom. The summed E-state index contributed by atoms with van der Waals surface area (Å²) in [7, 11) is 0. The zero-order valence-electron chi connectivity index (χ0n) is 9.34. The van der Waals surface area contributed by atoms with Crippen LogP contribution in [0.2, 0.25) is 0 Å². The molecule has 1 saturated heterocycles. The molecular weight excluding hydrogens is 160 g/mol. The van der Waals surface area contributed by atoms with E-state index in [1.54, 1.807) is 0 Å². The zero-order valence-corrected chi connectivity index (χ0v) is 9.34. The van der Waals surface area contributed by atoms with Gasteiger partial charge in [0.15, 0.2) is 0 Å². The Kier molecular flexibility index (Phi) is 3.74. The van der Waals surface area contributed by atoms with Gasteiger partial charge in [0.2, 0.25) is 0 Å². The van der Waals surface area contributed by atoms with E-state index in [2.05, 4.69) is 25.7 Å². The van der Waals surface area contributed by atoms with Crippen LogP contribution in [0.3, 0.4) is 0 Å². The van der Waals surface area contributed by atoms with Crippen LogP contribution in [0.1, 0.15) is 40.0 Å². The minimum absolute atomic E-state index is 0.421. The van der Waals surface area contributed by atoms with E-state index in [0.29, 0.717) is 5.41 Å². The molecule has 1 rings (SSSR count). The summed E-state index contributed by atoms with van der Waals surface area (Å²) in [5.74, 6) is 0. The van der Waals surface area contributed by atoms with Crippen molar-refractivity contribution in [1.29, 1.82) is 0 Å². The van der Waals surface area contributed by atoms with Crippen molar-refractivity contribution in [2.24, 2.45) is 11.1 Å². The second-order valence-electron chi connectivity index (χ2n) is 4.81. The van der Waals surface area contributed by atoms with Crippen molar-refractivity contribution in [2.75, 3.05) is 19.6 Å². The van der Waals surface area contributed by atoms with Gasteiger partial charge in [-0.1, -0.05) is 13.8 Å². The average molecular weight is 184 g/mol. The first-order valence-electron chi connectivity index (χ1n) is 5.55. The molecule has 2 heteroatoms. The van der Waals surface area contributed by atoms with Crippen molar-refractivity contribution < 1.29 is 0 Å². The SMILES string of the molecule is CCC(C)N1CCC(C)(CN)CC1. The van der Waals surface area contributed by atoms with Crippen LogP contribution < -0.4 is 5.73 Å². The molecule has 0 aromatic rings. The zero-order chi connectivity index (χ0) is 9.90. The van der Waals surface area contributed by atoms with Gasteiger partial charge >= 0.3 is 0 Å². The number of hydrogen-bond acceptors (Lipinski definition) is 2. The standard InChI is InChI=1S/C11H24N2/c1-4-10(2)13-7-5-11(3,9-12)6-8-13/h10H,4-9,12H2,1-3H3. The van der Waals surface area contributed by atoms with Crippen molar-refractivity contribution in [3.63, 3.8) is 0 Å². The second-order valence-corrected chi connectivity index (χ2v) is 4.81. The molecule has 2 N–H and O–H groups in total. The van der Waals surface area contributed by atoms with E-state index >= 15 is 0 Å². The van der Waals surface area contributed by atoms with E-state index in [1.807, 2.05) is 0 Å². The lowest BCUT2D eigenvalue weighted by molar-refractivity contribution is 0.0927. The highest BCUT2D eigenvalue weighted by atomic mass is 15.2. The first-order chi connectivity index (χ1) is 6.11. The first-order valence-corrected chi connectivity index (χ1v) is 5.55. The van der Waals surface area contributed by atoms with Gasteiger partial charge in [0, 0.05) is 6.04 Å². The van der Waals surface area contributed by atoms with Crippen LogP contribution in [0.15, 0.2) is 0 Å². The maximum atomic E-state index is 5.77. The third-order valence-corrected chi connectivity index (χ3v) is 3.71. The van der Waals surface area contributed by atoms with E-state index in [-0.39, 0.29) is 0 Å². The van der Waals surface area contributed by atoms with Gasteiger partial charge in [0.1, 0.15) is 0 Å². The van der Waals surface area contributed by atoms with Crippen molar-refractivity contribution in [3.8, 4) is 0 Å². The Labute approximate surface area is 82.5 Å². The highest BCUT2D eigenvalue weighted by molar-refractivity contribution is 4.84. The molecule has 0 aliphatic carbocycles. The normalized spacial score (nSPS) is 25.8. The molecule has 1 unspecified atom stereocenters. The third kappa shape index (κ3) is 2.68. The largest absolute Gasteiger partial charge is 0.330 e. The molecule has 0 spiro atoms. The lowest BCUT2D eigenvalue weighted by atomic mass is 9.80. The smallest absolute Gasteiger partial charge is 0.00643 e. The first kappa shape index (κ1) is 11.0. The molecule has 0 aromatic carbocycles. The van der Waals surface area contributed by atoms with E-state index in [1.165, 1.54) is 32.4 Å². The average Bonchev–Trinajstić information content (AvgIpc) is 2.18. The van der Waals surface area contributed by atoms with Crippen molar-refractivity contribution in [1.82, 2.24) is 4.90 Å². The summed E-state index contributed by atoms with van der Waals surface area (Å²) in [6.45, 7) is 10.2. The number of piperidine rings is 1. The van der Waals surface area contributed by atoms with Gasteiger partial charge in [0.05, 0.1) is 0 Å². The van der Waals surface area contributed by atoms with Crippen LogP contribution in [0.25, 0.3) is 0 Å². The van der Waals surface area contributed by atoms with E-state index < -0.39 is 0 Å². The molecule has 1 atom stereocenters. The summed E-state index contributed by atoms with van der Waals surface area (Å²) in [5.41, 5.74) is 6.19. The van der Waals surface area contributed by atoms with Crippen LogP contribution in [-0.2, 0) is 0 Å². The Balaban J connectivity index is 2.38. The van der Waals surface area contributed by atoms with Gasteiger partial charge in [-0.05, 0) is 51.2 Å². The number of rotatable bonds is 3. The maximum absolute atomic E-state index is 5.77. The van der Waals surface area contributed by atoms with Crippen molar-refractivity contribution in [3.05, 3.63) is 0 Å². The summed E-state index contributed by atoms with van der Waals surface area (Å²) in [6, 6.07) is 0.752. The predicted octanol–water partition coefficient (Wildman–Crippen LogP) is 1.85. The van der Waals surface area contributed by atoms with Crippen molar-refractivity contribution >= 4 is 0 Å². The van der Waals surface area contributed by atoms with Crippen LogP contribution in [-0.4, -0.2) is 30.6 Å². The van der Waals surface area contributed by atoms with Crippen LogP contribution in [0.4, 0.5) is 0 Å². The fraction of sp³-hybridized carbons (Fsp3) is 1.00. The summed E-state index contributed by atoms with van der Waals surface area (Å²) in [6.07, 6.45) is 3.81. The fourth-order valence-electron chi connectivity index (χ4n) is 1.97. The van der Waals surface area contributed by atoms with Gasteiger partial charge in [0.25, 0.3) is 0 Å². The Morgan fingerprint density at radius 1 is 1.38 bits per heavy atom. The van der Waals surface area contributed by atoms with Crippen LogP contribution in [0.5, 0.6) is 0 Å². The van der Waals surface area contributed by atoms with Gasteiger partial charge in [-0.2, -0.15) is 0 Å². The van der Waals surface area contributed by atoms with Crippen molar-refractivity contribution in [2.45, 2.75) is 46.1 Å². The summed E-state index contributed by atoms with van der Waals surface area (Å²) < 4.78 is 0. The minimum atomic E-state index is 0.421. The summed E-state index contributed by atoms with van der Waals surface area (Å²) >= 11 is 0. The number of hydrogen-bond donors (Lipinski definition) is 1. The highest BCUT2D eigenvalue weighted by Gasteiger charge is 2.29. The molecule has 1 heterocycles.